The van der Waals surface area contributed by atoms with Crippen LogP contribution in [0.3, 0.4) is 0 Å². The molecule has 37 heavy (non-hydrogen) atoms. The lowest BCUT2D eigenvalue weighted by Gasteiger charge is -2.34. The van der Waals surface area contributed by atoms with Crippen LogP contribution in [0.25, 0.3) is 33.4 Å². The third-order valence-corrected chi connectivity index (χ3v) is 8.57. The van der Waals surface area contributed by atoms with Gasteiger partial charge in [-0.3, -0.25) is 0 Å². The van der Waals surface area contributed by atoms with Gasteiger partial charge in [0.1, 0.15) is 11.5 Å². The fourth-order valence-corrected chi connectivity index (χ4v) is 6.36. The summed E-state index contributed by atoms with van der Waals surface area (Å²) in [5, 5.41) is 0. The maximum atomic E-state index is 6.26. The van der Waals surface area contributed by atoms with Crippen LogP contribution in [-0.2, 0) is 10.8 Å². The molecule has 0 fully saturated rings. The minimum atomic E-state index is -0.116. The van der Waals surface area contributed by atoms with Gasteiger partial charge in [0.2, 0.25) is 0 Å². The second kappa shape index (κ2) is 7.70. The summed E-state index contributed by atoms with van der Waals surface area (Å²) in [7, 11) is 0. The molecule has 2 aliphatic rings. The number of ether oxygens (including phenoxy) is 1. The largest absolute Gasteiger partial charge is 0.457 e. The number of benzene rings is 5. The molecule has 1 aliphatic carbocycles. The number of hydrogen-bond acceptors (Lipinski definition) is 1. The van der Waals surface area contributed by atoms with Crippen LogP contribution < -0.4 is 4.74 Å². The molecule has 0 N–H and O–H groups in total. The van der Waals surface area contributed by atoms with Crippen molar-refractivity contribution in [1.82, 2.24) is 0 Å². The third-order valence-electron chi connectivity index (χ3n) is 8.57. The number of fused-ring (bicyclic) bond motifs is 5. The molecule has 1 heterocycles. The third kappa shape index (κ3) is 3.23. The Morgan fingerprint density at radius 3 is 1.62 bits per heavy atom. The molecule has 7 rings (SSSR count). The molecule has 0 radical (unpaired) electrons. The zero-order valence-corrected chi connectivity index (χ0v) is 21.8. The quantitative estimate of drug-likeness (QED) is 0.245. The van der Waals surface area contributed by atoms with Crippen LogP contribution in [0.1, 0.15) is 49.9 Å². The molecule has 0 bridgehead atoms. The molecule has 1 aliphatic heterocycles. The molecule has 1 nitrogen and oxygen atoms in total. The van der Waals surface area contributed by atoms with Crippen molar-refractivity contribution < 1.29 is 4.74 Å². The number of rotatable bonds is 2. The summed E-state index contributed by atoms with van der Waals surface area (Å²) >= 11 is 0. The Kier molecular flexibility index (Phi) is 4.60. The van der Waals surface area contributed by atoms with E-state index in [1.54, 1.807) is 0 Å². The van der Waals surface area contributed by atoms with Crippen LogP contribution in [0, 0.1) is 0 Å². The molecule has 1 heteroatoms. The van der Waals surface area contributed by atoms with Gasteiger partial charge in [-0.15, -0.1) is 0 Å². The van der Waals surface area contributed by atoms with Crippen molar-refractivity contribution in [3.8, 4) is 44.9 Å². The number of para-hydroxylation sites is 1. The summed E-state index contributed by atoms with van der Waals surface area (Å²) in [6, 6.07) is 39.7. The maximum absolute atomic E-state index is 6.26. The van der Waals surface area contributed by atoms with E-state index in [0.29, 0.717) is 0 Å². The normalized spacial score (nSPS) is 15.7. The van der Waals surface area contributed by atoms with Crippen LogP contribution in [0.2, 0.25) is 0 Å². The van der Waals surface area contributed by atoms with E-state index in [0.717, 1.165) is 11.5 Å². The van der Waals surface area contributed by atoms with Gasteiger partial charge >= 0.3 is 0 Å². The highest BCUT2D eigenvalue weighted by Crippen LogP contribution is 2.50. The number of hydrogen-bond donors (Lipinski definition) is 0. The van der Waals surface area contributed by atoms with Gasteiger partial charge in [0.25, 0.3) is 0 Å². The summed E-state index contributed by atoms with van der Waals surface area (Å²) in [6.07, 6.45) is 0. The van der Waals surface area contributed by atoms with Crippen molar-refractivity contribution in [3.05, 3.63) is 131 Å². The van der Waals surface area contributed by atoms with E-state index in [4.69, 9.17) is 4.74 Å². The molecule has 0 spiro atoms. The SMILES string of the molecule is CC1(C)c2ccccc2Oc2ccc(-c3ccc(-c4ccc5c(c4)C(C)(C)c4ccccc4-5)cc3)cc21. The molecular formula is C36H30O. The molecule has 0 saturated carbocycles. The fraction of sp³-hybridized carbons (Fsp3) is 0.167. The van der Waals surface area contributed by atoms with Gasteiger partial charge in [-0.05, 0) is 68.8 Å². The Morgan fingerprint density at radius 1 is 0.405 bits per heavy atom. The summed E-state index contributed by atoms with van der Waals surface area (Å²) in [5.74, 6) is 1.91. The highest BCUT2D eigenvalue weighted by molar-refractivity contribution is 5.84. The highest BCUT2D eigenvalue weighted by atomic mass is 16.5. The minimum Gasteiger partial charge on any atom is -0.457 e. The van der Waals surface area contributed by atoms with Crippen LogP contribution >= 0.6 is 0 Å². The minimum absolute atomic E-state index is 0.0124. The van der Waals surface area contributed by atoms with Crippen molar-refractivity contribution in [2.75, 3.05) is 0 Å². The second-order valence-electron chi connectivity index (χ2n) is 11.4. The lowest BCUT2D eigenvalue weighted by molar-refractivity contribution is 0.418. The first-order valence-corrected chi connectivity index (χ1v) is 13.1. The molecule has 5 aromatic carbocycles. The van der Waals surface area contributed by atoms with Crippen molar-refractivity contribution in [1.29, 1.82) is 0 Å². The predicted molar refractivity (Wildman–Crippen MR) is 154 cm³/mol. The average molecular weight is 479 g/mol. The monoisotopic (exact) mass is 478 g/mol. The lowest BCUT2D eigenvalue weighted by atomic mass is 9.75. The van der Waals surface area contributed by atoms with Gasteiger partial charge in [-0.1, -0.05) is 113 Å². The van der Waals surface area contributed by atoms with Gasteiger partial charge in [-0.25, -0.2) is 0 Å². The van der Waals surface area contributed by atoms with Crippen LogP contribution in [0.4, 0.5) is 0 Å². The molecule has 0 atom stereocenters. The van der Waals surface area contributed by atoms with Crippen LogP contribution in [0.5, 0.6) is 11.5 Å². The van der Waals surface area contributed by atoms with Crippen molar-refractivity contribution in [3.63, 3.8) is 0 Å². The average Bonchev–Trinajstić information content (AvgIpc) is 3.15. The first-order valence-electron chi connectivity index (χ1n) is 13.1. The summed E-state index contributed by atoms with van der Waals surface area (Å²) in [5.41, 5.74) is 12.9. The first kappa shape index (κ1) is 22.1. The summed E-state index contributed by atoms with van der Waals surface area (Å²) in [4.78, 5) is 0. The Labute approximate surface area is 219 Å². The molecule has 5 aromatic rings. The van der Waals surface area contributed by atoms with Crippen LogP contribution in [0.15, 0.2) is 109 Å². The predicted octanol–water partition coefficient (Wildman–Crippen LogP) is 9.76. The zero-order chi connectivity index (χ0) is 25.4. The maximum Gasteiger partial charge on any atom is 0.131 e. The van der Waals surface area contributed by atoms with Crippen molar-refractivity contribution >= 4 is 0 Å². The van der Waals surface area contributed by atoms with E-state index < -0.39 is 0 Å². The highest BCUT2D eigenvalue weighted by Gasteiger charge is 2.36. The van der Waals surface area contributed by atoms with E-state index in [-0.39, 0.29) is 10.8 Å². The van der Waals surface area contributed by atoms with E-state index in [9.17, 15) is 0 Å². The molecule has 0 aromatic heterocycles. The second-order valence-corrected chi connectivity index (χ2v) is 11.4. The van der Waals surface area contributed by atoms with E-state index in [1.807, 2.05) is 6.07 Å². The van der Waals surface area contributed by atoms with E-state index in [2.05, 4.69) is 131 Å². The van der Waals surface area contributed by atoms with E-state index >= 15 is 0 Å². The molecule has 0 amide bonds. The van der Waals surface area contributed by atoms with Gasteiger partial charge in [-0.2, -0.15) is 0 Å². The zero-order valence-electron chi connectivity index (χ0n) is 21.8. The fourth-order valence-electron chi connectivity index (χ4n) is 6.36. The van der Waals surface area contributed by atoms with Crippen LogP contribution in [-0.4, -0.2) is 0 Å². The lowest BCUT2D eigenvalue weighted by Crippen LogP contribution is -2.24. The molecule has 0 unspecified atom stereocenters. The molecule has 0 saturated heterocycles. The first-order chi connectivity index (χ1) is 17.8. The standard InChI is InChI=1S/C36H30O/c1-35(2)29-10-6-5-9-27(29)28-19-17-25(21-31(28)35)23-13-15-24(16-14-23)26-18-20-34-32(22-26)36(3,4)30-11-7-8-12-33(30)37-34/h5-22H,1-4H3. The van der Waals surface area contributed by atoms with Gasteiger partial charge in [0.15, 0.2) is 0 Å². The molecule has 180 valence electrons. The van der Waals surface area contributed by atoms with E-state index in [1.165, 1.54) is 55.6 Å². The topological polar surface area (TPSA) is 9.23 Å². The Hall–Kier alpha value is -4.10. The Bertz CT molecular complexity index is 1690. The van der Waals surface area contributed by atoms with Gasteiger partial charge in [0, 0.05) is 22.0 Å². The Balaban J connectivity index is 1.23. The smallest absolute Gasteiger partial charge is 0.131 e. The van der Waals surface area contributed by atoms with Crippen molar-refractivity contribution in [2.45, 2.75) is 38.5 Å². The summed E-state index contributed by atoms with van der Waals surface area (Å²) in [6.45, 7) is 9.25. The van der Waals surface area contributed by atoms with Gasteiger partial charge in [0.05, 0.1) is 0 Å². The summed E-state index contributed by atoms with van der Waals surface area (Å²) < 4.78 is 6.26. The molecular weight excluding hydrogens is 448 g/mol. The van der Waals surface area contributed by atoms with Gasteiger partial charge < -0.3 is 4.74 Å². The van der Waals surface area contributed by atoms with Crippen molar-refractivity contribution in [2.24, 2.45) is 0 Å². The Morgan fingerprint density at radius 2 is 0.892 bits per heavy atom.